The second-order valence-corrected chi connectivity index (χ2v) is 6.49. The number of nitrogens with two attached hydrogens (primary N) is 4. The van der Waals surface area contributed by atoms with Crippen molar-refractivity contribution in [2.75, 3.05) is 7.11 Å². The Kier molecular flexibility index (Phi) is 6.14. The van der Waals surface area contributed by atoms with E-state index in [1.807, 2.05) is 6.92 Å². The molecule has 9 atom stereocenters. The standard InChI is InChI=1S/C14H30N4O4/c1-6(15)9-4-3-7(16)14(21-9)22-13-8(17)5-10(20-2)11(18)12(13)19/h6-14,19H,3-5,15-18H2,1-2H3. The first-order valence-corrected chi connectivity index (χ1v) is 7.89. The molecule has 9 N–H and O–H groups in total. The second kappa shape index (κ2) is 7.50. The van der Waals surface area contributed by atoms with Crippen LogP contribution in [0.4, 0.5) is 0 Å². The van der Waals surface area contributed by atoms with E-state index in [2.05, 4.69) is 0 Å². The highest BCUT2D eigenvalue weighted by Crippen LogP contribution is 2.27. The van der Waals surface area contributed by atoms with E-state index in [9.17, 15) is 5.11 Å². The van der Waals surface area contributed by atoms with Gasteiger partial charge in [-0.1, -0.05) is 0 Å². The average Bonchev–Trinajstić information content (AvgIpc) is 2.48. The highest BCUT2D eigenvalue weighted by Gasteiger charge is 2.44. The van der Waals surface area contributed by atoms with E-state index in [1.165, 1.54) is 0 Å². The molecule has 9 unspecified atom stereocenters. The van der Waals surface area contributed by atoms with Gasteiger partial charge in [0, 0.05) is 19.2 Å². The van der Waals surface area contributed by atoms with Crippen LogP contribution < -0.4 is 22.9 Å². The molecule has 0 aromatic carbocycles. The molecule has 0 bridgehead atoms. The summed E-state index contributed by atoms with van der Waals surface area (Å²) >= 11 is 0. The fraction of sp³-hybridized carbons (Fsp3) is 1.00. The molecule has 0 aromatic rings. The second-order valence-electron chi connectivity index (χ2n) is 6.49. The minimum absolute atomic E-state index is 0.108. The zero-order chi connectivity index (χ0) is 16.4. The molecular weight excluding hydrogens is 288 g/mol. The van der Waals surface area contributed by atoms with Crippen LogP contribution in [0.15, 0.2) is 0 Å². The number of hydrogen-bond acceptors (Lipinski definition) is 8. The maximum atomic E-state index is 10.4. The Labute approximate surface area is 131 Å². The van der Waals surface area contributed by atoms with E-state index in [-0.39, 0.29) is 24.3 Å². The minimum atomic E-state index is -0.930. The van der Waals surface area contributed by atoms with Crippen LogP contribution in [0.5, 0.6) is 0 Å². The lowest BCUT2D eigenvalue weighted by Crippen LogP contribution is -2.65. The summed E-state index contributed by atoms with van der Waals surface area (Å²) in [5.74, 6) is 0. The van der Waals surface area contributed by atoms with Gasteiger partial charge in [-0.15, -0.1) is 0 Å². The predicted octanol–water partition coefficient (Wildman–Crippen LogP) is -2.01. The Balaban J connectivity index is 2.01. The maximum absolute atomic E-state index is 10.4. The first-order chi connectivity index (χ1) is 10.3. The van der Waals surface area contributed by atoms with Crippen LogP contribution in [-0.2, 0) is 14.2 Å². The monoisotopic (exact) mass is 318 g/mol. The Morgan fingerprint density at radius 1 is 1.18 bits per heavy atom. The molecule has 2 fully saturated rings. The van der Waals surface area contributed by atoms with Crippen molar-refractivity contribution in [3.8, 4) is 0 Å². The van der Waals surface area contributed by atoms with Gasteiger partial charge >= 0.3 is 0 Å². The van der Waals surface area contributed by atoms with Gasteiger partial charge in [0.15, 0.2) is 6.29 Å². The molecule has 2 aliphatic rings. The van der Waals surface area contributed by atoms with E-state index >= 15 is 0 Å². The van der Waals surface area contributed by atoms with Crippen LogP contribution in [-0.4, -0.2) is 67.1 Å². The summed E-state index contributed by atoms with van der Waals surface area (Å²) in [5, 5.41) is 10.4. The van der Waals surface area contributed by atoms with Crippen molar-refractivity contribution in [2.45, 2.75) is 81.1 Å². The largest absolute Gasteiger partial charge is 0.389 e. The van der Waals surface area contributed by atoms with E-state index in [0.29, 0.717) is 6.42 Å². The summed E-state index contributed by atoms with van der Waals surface area (Å²) in [4.78, 5) is 0. The number of hydrogen-bond donors (Lipinski definition) is 5. The van der Waals surface area contributed by atoms with Crippen LogP contribution in [0.25, 0.3) is 0 Å². The van der Waals surface area contributed by atoms with Gasteiger partial charge in [0.05, 0.1) is 30.4 Å². The van der Waals surface area contributed by atoms with Crippen molar-refractivity contribution < 1.29 is 19.3 Å². The van der Waals surface area contributed by atoms with Gasteiger partial charge in [0.1, 0.15) is 6.10 Å². The molecule has 22 heavy (non-hydrogen) atoms. The maximum Gasteiger partial charge on any atom is 0.173 e. The van der Waals surface area contributed by atoms with E-state index in [1.54, 1.807) is 7.11 Å². The smallest absolute Gasteiger partial charge is 0.173 e. The van der Waals surface area contributed by atoms with Crippen molar-refractivity contribution in [3.05, 3.63) is 0 Å². The summed E-state index contributed by atoms with van der Waals surface area (Å²) < 4.78 is 17.0. The SMILES string of the molecule is COC1CC(N)C(OC2OC(C(C)N)CCC2N)C(O)C1N. The van der Waals surface area contributed by atoms with E-state index in [0.717, 1.165) is 12.8 Å². The predicted molar refractivity (Wildman–Crippen MR) is 81.8 cm³/mol. The summed E-state index contributed by atoms with van der Waals surface area (Å²) in [5.41, 5.74) is 24.1. The molecule has 0 amide bonds. The van der Waals surface area contributed by atoms with Gasteiger partial charge in [0.2, 0.25) is 0 Å². The first kappa shape index (κ1) is 18.0. The Morgan fingerprint density at radius 2 is 1.86 bits per heavy atom. The van der Waals surface area contributed by atoms with Crippen molar-refractivity contribution in [2.24, 2.45) is 22.9 Å². The summed E-state index contributed by atoms with van der Waals surface area (Å²) in [6, 6.07) is -1.33. The van der Waals surface area contributed by atoms with Crippen LogP contribution in [0.1, 0.15) is 26.2 Å². The number of methoxy groups -OCH3 is 1. The van der Waals surface area contributed by atoms with Crippen molar-refractivity contribution in [1.82, 2.24) is 0 Å². The Hall–Kier alpha value is -0.320. The van der Waals surface area contributed by atoms with Crippen LogP contribution >= 0.6 is 0 Å². The molecule has 0 radical (unpaired) electrons. The number of aliphatic hydroxyl groups is 1. The number of aliphatic hydroxyl groups excluding tert-OH is 1. The lowest BCUT2D eigenvalue weighted by atomic mass is 9.84. The van der Waals surface area contributed by atoms with Crippen LogP contribution in [0.3, 0.4) is 0 Å². The van der Waals surface area contributed by atoms with Gasteiger partial charge in [-0.05, 0) is 26.2 Å². The Morgan fingerprint density at radius 3 is 2.45 bits per heavy atom. The molecule has 1 aliphatic heterocycles. The third-order valence-corrected chi connectivity index (χ3v) is 4.71. The normalized spacial score (nSPS) is 48.1. The van der Waals surface area contributed by atoms with Crippen molar-refractivity contribution in [1.29, 1.82) is 0 Å². The molecule has 8 heteroatoms. The van der Waals surface area contributed by atoms with Crippen LogP contribution in [0, 0.1) is 0 Å². The lowest BCUT2D eigenvalue weighted by molar-refractivity contribution is -0.252. The highest BCUT2D eigenvalue weighted by atomic mass is 16.7. The third-order valence-electron chi connectivity index (χ3n) is 4.71. The number of ether oxygens (including phenoxy) is 3. The molecule has 1 saturated heterocycles. The topological polar surface area (TPSA) is 152 Å². The quantitative estimate of drug-likeness (QED) is 0.398. The van der Waals surface area contributed by atoms with E-state index < -0.39 is 30.6 Å². The van der Waals surface area contributed by atoms with Crippen LogP contribution in [0.2, 0.25) is 0 Å². The molecule has 0 spiro atoms. The molecule has 1 heterocycles. The van der Waals surface area contributed by atoms with E-state index in [4.69, 9.17) is 37.1 Å². The van der Waals surface area contributed by atoms with Gasteiger partial charge in [-0.25, -0.2) is 0 Å². The molecule has 1 saturated carbocycles. The van der Waals surface area contributed by atoms with Gasteiger partial charge in [-0.3, -0.25) is 0 Å². The molecule has 8 nitrogen and oxygen atoms in total. The zero-order valence-corrected chi connectivity index (χ0v) is 13.3. The third kappa shape index (κ3) is 3.77. The average molecular weight is 318 g/mol. The van der Waals surface area contributed by atoms with Gasteiger partial charge < -0.3 is 42.3 Å². The minimum Gasteiger partial charge on any atom is -0.389 e. The first-order valence-electron chi connectivity index (χ1n) is 7.89. The number of rotatable bonds is 4. The highest BCUT2D eigenvalue weighted by molar-refractivity contribution is 4.99. The molecule has 130 valence electrons. The summed E-state index contributed by atoms with van der Waals surface area (Å²) in [6.45, 7) is 1.89. The van der Waals surface area contributed by atoms with Crippen molar-refractivity contribution in [3.63, 3.8) is 0 Å². The zero-order valence-electron chi connectivity index (χ0n) is 13.3. The fourth-order valence-corrected chi connectivity index (χ4v) is 3.20. The van der Waals surface area contributed by atoms with Gasteiger partial charge in [0.25, 0.3) is 0 Å². The Bertz CT molecular complexity index is 360. The lowest BCUT2D eigenvalue weighted by Gasteiger charge is -2.44. The molecular formula is C14H30N4O4. The summed E-state index contributed by atoms with van der Waals surface area (Å²) in [6.07, 6.45) is -0.542. The molecule has 0 aromatic heterocycles. The molecule has 2 rings (SSSR count). The van der Waals surface area contributed by atoms with Crippen molar-refractivity contribution >= 4 is 0 Å². The summed E-state index contributed by atoms with van der Waals surface area (Å²) in [7, 11) is 1.55. The fourth-order valence-electron chi connectivity index (χ4n) is 3.20. The molecule has 1 aliphatic carbocycles. The van der Waals surface area contributed by atoms with Gasteiger partial charge in [-0.2, -0.15) is 0 Å².